The van der Waals surface area contributed by atoms with E-state index in [0.717, 1.165) is 33.5 Å². The lowest BCUT2D eigenvalue weighted by Gasteiger charge is -2.26. The maximum absolute atomic E-state index is 12.8. The lowest BCUT2D eigenvalue weighted by atomic mass is 9.97. The van der Waals surface area contributed by atoms with E-state index in [9.17, 15) is 9.59 Å². The molecule has 1 aliphatic rings. The molecule has 8 heteroatoms. The molecule has 0 saturated carbocycles. The number of aryl methyl sites for hydroxylation is 1. The monoisotopic (exact) mass is 447 g/mol. The van der Waals surface area contributed by atoms with Gasteiger partial charge in [-0.15, -0.1) is 11.3 Å². The maximum atomic E-state index is 12.8. The Labute approximate surface area is 188 Å². The van der Waals surface area contributed by atoms with Crippen LogP contribution in [-0.4, -0.2) is 23.4 Å². The highest BCUT2D eigenvalue weighted by atomic mass is 32.1. The summed E-state index contributed by atoms with van der Waals surface area (Å²) in [6.45, 7) is 3.94. The predicted molar refractivity (Wildman–Crippen MR) is 123 cm³/mol. The van der Waals surface area contributed by atoms with Gasteiger partial charge in [-0.1, -0.05) is 18.2 Å². The molecule has 4 aromatic rings. The second kappa shape index (κ2) is 8.12. The van der Waals surface area contributed by atoms with E-state index in [4.69, 9.17) is 9.15 Å². The minimum absolute atomic E-state index is 0.0761. The van der Waals surface area contributed by atoms with Crippen LogP contribution in [0.4, 0.5) is 5.13 Å². The van der Waals surface area contributed by atoms with Crippen LogP contribution < -0.4 is 15.4 Å². The van der Waals surface area contributed by atoms with E-state index in [1.807, 2.05) is 54.8 Å². The van der Waals surface area contributed by atoms with Crippen molar-refractivity contribution >= 4 is 39.3 Å². The largest absolute Gasteiger partial charge is 0.493 e. The van der Waals surface area contributed by atoms with Gasteiger partial charge in [0.1, 0.15) is 11.3 Å². The van der Waals surface area contributed by atoms with Crippen molar-refractivity contribution in [1.82, 2.24) is 10.3 Å². The number of nitrogens with zero attached hydrogens (tertiary/aromatic N) is 1. The lowest BCUT2D eigenvalue weighted by Crippen LogP contribution is -2.30. The van der Waals surface area contributed by atoms with E-state index in [-0.39, 0.29) is 23.6 Å². The van der Waals surface area contributed by atoms with Crippen molar-refractivity contribution in [3.63, 3.8) is 0 Å². The maximum Gasteiger partial charge on any atom is 0.293 e. The Hall–Kier alpha value is -3.65. The van der Waals surface area contributed by atoms with Gasteiger partial charge in [-0.05, 0) is 31.2 Å². The zero-order valence-electron chi connectivity index (χ0n) is 17.6. The molecular formula is C24H21N3O4S. The van der Waals surface area contributed by atoms with E-state index in [1.165, 1.54) is 18.3 Å². The number of hydrogen-bond donors (Lipinski definition) is 2. The third-order valence-corrected chi connectivity index (χ3v) is 6.25. The van der Waals surface area contributed by atoms with Crippen molar-refractivity contribution in [2.24, 2.45) is 0 Å². The van der Waals surface area contributed by atoms with E-state index in [2.05, 4.69) is 15.6 Å². The van der Waals surface area contributed by atoms with Gasteiger partial charge in [-0.3, -0.25) is 14.9 Å². The molecule has 3 heterocycles. The normalized spacial score (nSPS) is 15.1. The van der Waals surface area contributed by atoms with Gasteiger partial charge in [0.25, 0.3) is 5.91 Å². The molecule has 0 spiro atoms. The summed E-state index contributed by atoms with van der Waals surface area (Å²) in [7, 11) is 0. The Balaban J connectivity index is 1.38. The van der Waals surface area contributed by atoms with E-state index in [0.29, 0.717) is 23.7 Å². The topological polar surface area (TPSA) is 93.5 Å². The number of anilines is 1. The van der Waals surface area contributed by atoms with E-state index < -0.39 is 0 Å². The summed E-state index contributed by atoms with van der Waals surface area (Å²) in [6.07, 6.45) is 0.714. The van der Waals surface area contributed by atoms with Crippen LogP contribution >= 0.6 is 11.3 Å². The van der Waals surface area contributed by atoms with Gasteiger partial charge in [0.15, 0.2) is 10.9 Å². The second-order valence-electron chi connectivity index (χ2n) is 7.69. The van der Waals surface area contributed by atoms with Gasteiger partial charge >= 0.3 is 0 Å². The summed E-state index contributed by atoms with van der Waals surface area (Å²) >= 11 is 1.34. The molecule has 2 aromatic heterocycles. The van der Waals surface area contributed by atoms with Crippen LogP contribution in [0.1, 0.15) is 41.1 Å². The summed E-state index contributed by atoms with van der Waals surface area (Å²) in [6, 6.07) is 13.3. The van der Waals surface area contributed by atoms with Crippen LogP contribution in [0.15, 0.2) is 52.3 Å². The molecule has 0 saturated heterocycles. The summed E-state index contributed by atoms with van der Waals surface area (Å²) in [4.78, 5) is 28.9. The number of carbonyl (C=O) groups excluding carboxylic acids is 2. The number of nitrogens with one attached hydrogen (secondary N) is 2. The number of aromatic nitrogens is 1. The second-order valence-corrected chi connectivity index (χ2v) is 8.55. The first-order chi connectivity index (χ1) is 15.5. The first-order valence-corrected chi connectivity index (χ1v) is 11.2. The highest BCUT2D eigenvalue weighted by Crippen LogP contribution is 2.36. The van der Waals surface area contributed by atoms with Gasteiger partial charge in [-0.2, -0.15) is 0 Å². The molecule has 1 aliphatic heterocycles. The fraction of sp³-hybridized carbons (Fsp3) is 0.208. The third-order valence-electron chi connectivity index (χ3n) is 5.50. The van der Waals surface area contributed by atoms with Crippen LogP contribution in [-0.2, 0) is 4.79 Å². The number of furan rings is 1. The number of ether oxygens (including phenoxy) is 1. The summed E-state index contributed by atoms with van der Waals surface area (Å²) in [5.41, 5.74) is 4.04. The number of carbonyl (C=O) groups is 2. The average molecular weight is 448 g/mol. The Morgan fingerprint density at radius 3 is 2.84 bits per heavy atom. The molecule has 1 atom stereocenters. The predicted octanol–water partition coefficient (Wildman–Crippen LogP) is 5.08. The van der Waals surface area contributed by atoms with Gasteiger partial charge in [0, 0.05) is 40.8 Å². The zero-order valence-corrected chi connectivity index (χ0v) is 18.4. The highest BCUT2D eigenvalue weighted by Gasteiger charge is 2.23. The minimum atomic E-state index is -0.329. The Morgan fingerprint density at radius 1 is 1.19 bits per heavy atom. The number of thiazole rings is 1. The zero-order chi connectivity index (χ0) is 22.2. The number of amides is 2. The van der Waals surface area contributed by atoms with E-state index >= 15 is 0 Å². The first-order valence-electron chi connectivity index (χ1n) is 10.3. The van der Waals surface area contributed by atoms with Crippen LogP contribution in [0, 0.1) is 6.92 Å². The standard InChI is InChI=1S/C24H21N3O4S/c1-13-16-5-3-4-6-21(16)31-22(13)23(29)27-24-26-19(12-32-24)15-7-8-20-17(11-15)18(9-10-30-20)25-14(2)28/h3-8,11-12,18H,9-10H2,1-2H3,(H,25,28)(H,26,27,29). The molecule has 5 rings (SSSR count). The number of rotatable bonds is 4. The van der Waals surface area contributed by atoms with Crippen LogP contribution in [0.3, 0.4) is 0 Å². The van der Waals surface area contributed by atoms with Gasteiger partial charge < -0.3 is 14.5 Å². The molecule has 32 heavy (non-hydrogen) atoms. The summed E-state index contributed by atoms with van der Waals surface area (Å²) < 4.78 is 11.5. The molecule has 2 N–H and O–H groups in total. The minimum Gasteiger partial charge on any atom is -0.493 e. The molecule has 0 aliphatic carbocycles. The fourth-order valence-corrected chi connectivity index (χ4v) is 4.67. The highest BCUT2D eigenvalue weighted by molar-refractivity contribution is 7.14. The van der Waals surface area contributed by atoms with Gasteiger partial charge in [-0.25, -0.2) is 4.98 Å². The summed E-state index contributed by atoms with van der Waals surface area (Å²) in [5, 5.41) is 9.11. The summed E-state index contributed by atoms with van der Waals surface area (Å²) in [5.74, 6) is 0.645. The molecule has 7 nitrogen and oxygen atoms in total. The molecule has 1 unspecified atom stereocenters. The smallest absolute Gasteiger partial charge is 0.293 e. The molecular weight excluding hydrogens is 426 g/mol. The molecule has 0 bridgehead atoms. The number of benzene rings is 2. The van der Waals surface area contributed by atoms with Crippen LogP contribution in [0.2, 0.25) is 0 Å². The van der Waals surface area contributed by atoms with Gasteiger partial charge in [0.05, 0.1) is 18.3 Å². The lowest BCUT2D eigenvalue weighted by molar-refractivity contribution is -0.119. The van der Waals surface area contributed by atoms with Crippen molar-refractivity contribution in [2.75, 3.05) is 11.9 Å². The number of fused-ring (bicyclic) bond motifs is 2. The SMILES string of the molecule is CC(=O)NC1CCOc2ccc(-c3csc(NC(=O)c4oc5ccccc5c4C)n3)cc21. The van der Waals surface area contributed by atoms with Crippen molar-refractivity contribution in [3.8, 4) is 17.0 Å². The Kier molecular flexibility index (Phi) is 5.14. The van der Waals surface area contributed by atoms with Crippen molar-refractivity contribution in [2.45, 2.75) is 26.3 Å². The molecule has 2 amide bonds. The number of para-hydroxylation sites is 1. The quantitative estimate of drug-likeness (QED) is 0.455. The molecule has 162 valence electrons. The van der Waals surface area contributed by atoms with Crippen molar-refractivity contribution < 1.29 is 18.7 Å². The van der Waals surface area contributed by atoms with Gasteiger partial charge in [0.2, 0.25) is 5.91 Å². The third kappa shape index (κ3) is 3.73. The number of hydrogen-bond acceptors (Lipinski definition) is 6. The Bertz CT molecular complexity index is 1340. The van der Waals surface area contributed by atoms with Crippen molar-refractivity contribution in [3.05, 3.63) is 64.7 Å². The van der Waals surface area contributed by atoms with Crippen LogP contribution in [0.5, 0.6) is 5.75 Å². The molecule has 2 aromatic carbocycles. The fourth-order valence-electron chi connectivity index (χ4n) is 3.96. The Morgan fingerprint density at radius 2 is 2.03 bits per heavy atom. The van der Waals surface area contributed by atoms with Crippen molar-refractivity contribution in [1.29, 1.82) is 0 Å². The molecule has 0 fully saturated rings. The average Bonchev–Trinajstić information content (AvgIpc) is 3.38. The molecule has 0 radical (unpaired) electrons. The van der Waals surface area contributed by atoms with E-state index in [1.54, 1.807) is 0 Å². The first kappa shape index (κ1) is 20.3. The van der Waals surface area contributed by atoms with Crippen LogP contribution in [0.25, 0.3) is 22.2 Å².